The number of ether oxygens (including phenoxy) is 1. The van der Waals surface area contributed by atoms with Gasteiger partial charge in [0.05, 0.1) is 12.2 Å². The molecular formula is C14H27NO. The lowest BCUT2D eigenvalue weighted by atomic mass is 10.1. The minimum absolute atomic E-state index is 0.448. The van der Waals surface area contributed by atoms with Crippen molar-refractivity contribution in [3.63, 3.8) is 0 Å². The molecule has 2 heteroatoms. The van der Waals surface area contributed by atoms with Gasteiger partial charge in [0, 0.05) is 12.6 Å². The molecule has 2 saturated carbocycles. The van der Waals surface area contributed by atoms with E-state index in [9.17, 15) is 0 Å². The topological polar surface area (TPSA) is 21.3 Å². The summed E-state index contributed by atoms with van der Waals surface area (Å²) in [5.41, 5.74) is 0. The molecule has 2 rings (SSSR count). The highest BCUT2D eigenvalue weighted by Crippen LogP contribution is 2.22. The highest BCUT2D eigenvalue weighted by atomic mass is 16.5. The first-order chi connectivity index (χ1) is 7.88. The molecule has 2 aliphatic carbocycles. The van der Waals surface area contributed by atoms with Gasteiger partial charge in [-0.3, -0.25) is 0 Å². The van der Waals surface area contributed by atoms with Gasteiger partial charge in [-0.1, -0.05) is 32.6 Å². The molecular weight excluding hydrogens is 198 g/mol. The normalized spacial score (nSPS) is 25.3. The first-order valence-corrected chi connectivity index (χ1v) is 7.27. The van der Waals surface area contributed by atoms with Crippen molar-refractivity contribution in [1.29, 1.82) is 0 Å². The molecule has 2 fully saturated rings. The van der Waals surface area contributed by atoms with Crippen LogP contribution in [0.5, 0.6) is 0 Å². The van der Waals surface area contributed by atoms with Crippen molar-refractivity contribution < 1.29 is 4.74 Å². The SMILES string of the molecule is CCC(CNC1CC1)OC1CCCCCC1. The molecule has 1 unspecified atom stereocenters. The van der Waals surface area contributed by atoms with Crippen LogP contribution in [0.25, 0.3) is 0 Å². The van der Waals surface area contributed by atoms with E-state index < -0.39 is 0 Å². The zero-order valence-corrected chi connectivity index (χ0v) is 10.7. The zero-order valence-electron chi connectivity index (χ0n) is 10.7. The second kappa shape index (κ2) is 6.61. The lowest BCUT2D eigenvalue weighted by molar-refractivity contribution is -0.0201. The van der Waals surface area contributed by atoms with E-state index in [-0.39, 0.29) is 0 Å². The fourth-order valence-electron chi connectivity index (χ4n) is 2.52. The second-order valence-electron chi connectivity index (χ2n) is 5.46. The highest BCUT2D eigenvalue weighted by Gasteiger charge is 2.23. The van der Waals surface area contributed by atoms with Crippen molar-refractivity contribution >= 4 is 0 Å². The van der Waals surface area contributed by atoms with Gasteiger partial charge in [-0.2, -0.15) is 0 Å². The first-order valence-electron chi connectivity index (χ1n) is 7.27. The molecule has 0 spiro atoms. The molecule has 2 aliphatic rings. The van der Waals surface area contributed by atoms with Gasteiger partial charge < -0.3 is 10.1 Å². The van der Waals surface area contributed by atoms with E-state index >= 15 is 0 Å². The molecule has 0 bridgehead atoms. The van der Waals surface area contributed by atoms with Crippen LogP contribution in [0.15, 0.2) is 0 Å². The average molecular weight is 225 g/mol. The summed E-state index contributed by atoms with van der Waals surface area (Å²) in [5, 5.41) is 3.59. The van der Waals surface area contributed by atoms with Gasteiger partial charge in [0.15, 0.2) is 0 Å². The smallest absolute Gasteiger partial charge is 0.0700 e. The monoisotopic (exact) mass is 225 g/mol. The zero-order chi connectivity index (χ0) is 11.2. The highest BCUT2D eigenvalue weighted by molar-refractivity contribution is 4.82. The fourth-order valence-corrected chi connectivity index (χ4v) is 2.52. The van der Waals surface area contributed by atoms with Crippen LogP contribution in [0.3, 0.4) is 0 Å². The van der Waals surface area contributed by atoms with E-state index in [0.717, 1.165) is 19.0 Å². The molecule has 1 N–H and O–H groups in total. The molecule has 94 valence electrons. The van der Waals surface area contributed by atoms with Gasteiger partial charge in [-0.25, -0.2) is 0 Å². The number of rotatable bonds is 6. The lowest BCUT2D eigenvalue weighted by Crippen LogP contribution is -2.33. The number of hydrogen-bond donors (Lipinski definition) is 1. The van der Waals surface area contributed by atoms with Crippen LogP contribution in [-0.4, -0.2) is 24.8 Å². The van der Waals surface area contributed by atoms with Gasteiger partial charge in [-0.15, -0.1) is 0 Å². The number of hydrogen-bond acceptors (Lipinski definition) is 2. The molecule has 0 amide bonds. The van der Waals surface area contributed by atoms with Crippen molar-refractivity contribution in [1.82, 2.24) is 5.32 Å². The van der Waals surface area contributed by atoms with Crippen LogP contribution < -0.4 is 5.32 Å². The van der Waals surface area contributed by atoms with Crippen LogP contribution in [0.4, 0.5) is 0 Å². The summed E-state index contributed by atoms with van der Waals surface area (Å²) in [6.07, 6.45) is 13.1. The van der Waals surface area contributed by atoms with E-state index in [1.165, 1.54) is 51.4 Å². The predicted molar refractivity (Wildman–Crippen MR) is 67.7 cm³/mol. The summed E-state index contributed by atoms with van der Waals surface area (Å²) in [5.74, 6) is 0. The quantitative estimate of drug-likeness (QED) is 0.701. The summed E-state index contributed by atoms with van der Waals surface area (Å²) in [4.78, 5) is 0. The van der Waals surface area contributed by atoms with Gasteiger partial charge in [0.1, 0.15) is 0 Å². The van der Waals surface area contributed by atoms with Crippen molar-refractivity contribution in [3.05, 3.63) is 0 Å². The largest absolute Gasteiger partial charge is 0.374 e. The summed E-state index contributed by atoms with van der Waals surface area (Å²) >= 11 is 0. The van der Waals surface area contributed by atoms with Crippen molar-refractivity contribution in [2.24, 2.45) is 0 Å². The predicted octanol–water partition coefficient (Wildman–Crippen LogP) is 3.26. The second-order valence-corrected chi connectivity index (χ2v) is 5.46. The Morgan fingerprint density at radius 2 is 1.75 bits per heavy atom. The molecule has 0 aromatic rings. The average Bonchev–Trinajstić information content (AvgIpc) is 3.11. The molecule has 0 aliphatic heterocycles. The molecule has 1 atom stereocenters. The van der Waals surface area contributed by atoms with Crippen LogP contribution in [0, 0.1) is 0 Å². The Balaban J connectivity index is 1.66. The van der Waals surface area contributed by atoms with E-state index in [2.05, 4.69) is 12.2 Å². The molecule has 0 saturated heterocycles. The van der Waals surface area contributed by atoms with Crippen LogP contribution in [0.2, 0.25) is 0 Å². The Bertz CT molecular complexity index is 183. The van der Waals surface area contributed by atoms with E-state index in [1.807, 2.05) is 0 Å². The van der Waals surface area contributed by atoms with Crippen molar-refractivity contribution in [2.75, 3.05) is 6.54 Å². The van der Waals surface area contributed by atoms with Crippen molar-refractivity contribution in [3.8, 4) is 0 Å². The third-order valence-electron chi connectivity index (χ3n) is 3.85. The molecule has 0 aromatic heterocycles. The first kappa shape index (κ1) is 12.4. The maximum absolute atomic E-state index is 6.24. The number of nitrogens with one attached hydrogen (secondary N) is 1. The Morgan fingerprint density at radius 1 is 1.06 bits per heavy atom. The lowest BCUT2D eigenvalue weighted by Gasteiger charge is -2.23. The standard InChI is InChI=1S/C14H27NO/c1-2-13(11-15-12-9-10-12)16-14-7-5-3-4-6-8-14/h12-15H,2-11H2,1H3. The molecule has 0 radical (unpaired) electrons. The Morgan fingerprint density at radius 3 is 2.31 bits per heavy atom. The summed E-state index contributed by atoms with van der Waals surface area (Å²) in [6, 6.07) is 0.812. The third-order valence-corrected chi connectivity index (χ3v) is 3.85. The molecule has 0 aromatic carbocycles. The summed E-state index contributed by atoms with van der Waals surface area (Å²) in [7, 11) is 0. The summed E-state index contributed by atoms with van der Waals surface area (Å²) in [6.45, 7) is 3.31. The minimum atomic E-state index is 0.448. The molecule has 0 heterocycles. The van der Waals surface area contributed by atoms with Gasteiger partial charge in [0.2, 0.25) is 0 Å². The van der Waals surface area contributed by atoms with Crippen LogP contribution in [-0.2, 0) is 4.74 Å². The molecule has 16 heavy (non-hydrogen) atoms. The van der Waals surface area contributed by atoms with E-state index in [0.29, 0.717) is 12.2 Å². The van der Waals surface area contributed by atoms with Gasteiger partial charge >= 0.3 is 0 Å². The maximum atomic E-state index is 6.24. The third kappa shape index (κ3) is 4.42. The van der Waals surface area contributed by atoms with E-state index in [4.69, 9.17) is 4.74 Å². The van der Waals surface area contributed by atoms with Gasteiger partial charge in [0.25, 0.3) is 0 Å². The van der Waals surface area contributed by atoms with Gasteiger partial charge in [-0.05, 0) is 32.1 Å². The van der Waals surface area contributed by atoms with Crippen molar-refractivity contribution in [2.45, 2.75) is 83.0 Å². The maximum Gasteiger partial charge on any atom is 0.0700 e. The van der Waals surface area contributed by atoms with Crippen LogP contribution in [0.1, 0.15) is 64.7 Å². The van der Waals surface area contributed by atoms with E-state index in [1.54, 1.807) is 0 Å². The molecule has 2 nitrogen and oxygen atoms in total. The Hall–Kier alpha value is -0.0800. The summed E-state index contributed by atoms with van der Waals surface area (Å²) < 4.78 is 6.24. The van der Waals surface area contributed by atoms with Crippen LogP contribution >= 0.6 is 0 Å². The Kier molecular flexibility index (Phi) is 5.11. The minimum Gasteiger partial charge on any atom is -0.374 e. The fraction of sp³-hybridized carbons (Fsp3) is 1.00. The Labute approximate surface area is 100 Å².